The number of H-pyrrole nitrogens is 1. The number of hydrogen-bond acceptors (Lipinski definition) is 6. The molecule has 1 aromatic carbocycles. The number of rotatable bonds is 5. The molecule has 8 heteroatoms. The first-order valence-corrected chi connectivity index (χ1v) is 10.2. The summed E-state index contributed by atoms with van der Waals surface area (Å²) in [5, 5.41) is 17.2. The Hall–Kier alpha value is -2.00. The third-order valence-corrected chi connectivity index (χ3v) is 6.57. The Morgan fingerprint density at radius 2 is 2.14 bits per heavy atom. The molecule has 158 valence electrons. The van der Waals surface area contributed by atoms with E-state index in [1.54, 1.807) is 12.1 Å². The Balaban J connectivity index is 1.41. The second-order valence-electron chi connectivity index (χ2n) is 9.50. The molecular weight excluding hydrogens is 370 g/mol. The van der Waals surface area contributed by atoms with Gasteiger partial charge in [-0.15, -0.1) is 0 Å². The summed E-state index contributed by atoms with van der Waals surface area (Å²) in [4.78, 5) is 19.5. The van der Waals surface area contributed by atoms with E-state index in [1.807, 2.05) is 33.8 Å². The van der Waals surface area contributed by atoms with E-state index in [1.165, 1.54) is 5.06 Å². The summed E-state index contributed by atoms with van der Waals surface area (Å²) in [6.45, 7) is 9.29. The van der Waals surface area contributed by atoms with Crippen molar-refractivity contribution < 1.29 is 9.53 Å². The number of nitrogens with one attached hydrogen (secondary N) is 2. The average molecular weight is 401 g/mol. The summed E-state index contributed by atoms with van der Waals surface area (Å²) < 4.78 is 6.21. The van der Waals surface area contributed by atoms with Gasteiger partial charge in [-0.05, 0) is 52.7 Å². The number of aromatic nitrogens is 2. The standard InChI is InChI=1S/C21H30N5O3/c1-20(2)9-12(21(3,4)26(20)28)11-29-13-8-16(23-10-13)19-24-15-7-5-6-14(18(22)27)17(15)25-19/h5-7,12-13,16,23H,8-11H2,1-4H3,(H2,22,27)(H,24,25)/q-1. The van der Waals surface area contributed by atoms with Crippen LogP contribution in [0, 0.1) is 11.1 Å². The molecular formula is C21H30N5O3-. The average Bonchev–Trinajstić information content (AvgIpc) is 3.32. The molecule has 8 nitrogen and oxygen atoms in total. The van der Waals surface area contributed by atoms with Crippen molar-refractivity contribution in [1.29, 1.82) is 0 Å². The molecule has 3 atom stereocenters. The molecule has 4 N–H and O–H groups in total. The number of para-hydroxylation sites is 1. The van der Waals surface area contributed by atoms with Crippen LogP contribution in [-0.2, 0) is 4.74 Å². The van der Waals surface area contributed by atoms with Gasteiger partial charge in [0.2, 0.25) is 0 Å². The molecule has 4 rings (SSSR count). The molecule has 29 heavy (non-hydrogen) atoms. The molecule has 1 amide bonds. The quantitative estimate of drug-likeness (QED) is 0.709. The molecule has 0 radical (unpaired) electrons. The zero-order chi connectivity index (χ0) is 21.0. The highest BCUT2D eigenvalue weighted by molar-refractivity contribution is 6.04. The van der Waals surface area contributed by atoms with Gasteiger partial charge in [0.15, 0.2) is 0 Å². The lowest BCUT2D eigenvalue weighted by atomic mass is 9.88. The zero-order valence-corrected chi connectivity index (χ0v) is 17.5. The van der Waals surface area contributed by atoms with E-state index in [4.69, 9.17) is 10.5 Å². The van der Waals surface area contributed by atoms with Crippen LogP contribution in [0.4, 0.5) is 0 Å². The van der Waals surface area contributed by atoms with Crippen LogP contribution in [-0.4, -0.2) is 51.3 Å². The van der Waals surface area contributed by atoms with Crippen LogP contribution in [0.3, 0.4) is 0 Å². The normalized spacial score (nSPS) is 28.9. The van der Waals surface area contributed by atoms with E-state index in [2.05, 4.69) is 15.3 Å². The second kappa shape index (κ2) is 7.05. The first-order valence-electron chi connectivity index (χ1n) is 10.2. The molecule has 0 bridgehead atoms. The van der Waals surface area contributed by atoms with Crippen molar-refractivity contribution in [3.8, 4) is 0 Å². The van der Waals surface area contributed by atoms with Crippen molar-refractivity contribution in [3.05, 3.63) is 34.8 Å². The van der Waals surface area contributed by atoms with Gasteiger partial charge in [0.1, 0.15) is 11.3 Å². The van der Waals surface area contributed by atoms with Crippen molar-refractivity contribution in [2.45, 2.75) is 63.8 Å². The molecule has 0 aliphatic carbocycles. The Morgan fingerprint density at radius 1 is 1.38 bits per heavy atom. The van der Waals surface area contributed by atoms with Crippen molar-refractivity contribution in [1.82, 2.24) is 20.3 Å². The number of hydroxylamine groups is 2. The minimum absolute atomic E-state index is 0.0252. The number of carbonyl (C=O) groups is 1. The van der Waals surface area contributed by atoms with Gasteiger partial charge < -0.3 is 31.0 Å². The molecule has 2 aromatic rings. The molecule has 1 aromatic heterocycles. The predicted octanol–water partition coefficient (Wildman–Crippen LogP) is 2.46. The minimum Gasteiger partial charge on any atom is -0.784 e. The topological polar surface area (TPSA) is 119 Å². The molecule has 3 unspecified atom stereocenters. The first-order chi connectivity index (χ1) is 13.6. The summed E-state index contributed by atoms with van der Waals surface area (Å²) >= 11 is 0. The fraction of sp³-hybridized carbons (Fsp3) is 0.619. The molecule has 0 saturated carbocycles. The van der Waals surface area contributed by atoms with Gasteiger partial charge in [0, 0.05) is 23.5 Å². The van der Waals surface area contributed by atoms with Gasteiger partial charge >= 0.3 is 0 Å². The number of imidazole rings is 1. The molecule has 0 spiro atoms. The van der Waals surface area contributed by atoms with Crippen LogP contribution < -0.4 is 11.1 Å². The summed E-state index contributed by atoms with van der Waals surface area (Å²) in [5.74, 6) is 0.495. The highest BCUT2D eigenvalue weighted by Crippen LogP contribution is 2.44. The van der Waals surface area contributed by atoms with Crippen LogP contribution in [0.25, 0.3) is 11.0 Å². The largest absolute Gasteiger partial charge is 0.784 e. The Labute approximate surface area is 170 Å². The van der Waals surface area contributed by atoms with E-state index in [0.717, 1.165) is 30.7 Å². The van der Waals surface area contributed by atoms with E-state index in [0.29, 0.717) is 17.7 Å². The second-order valence-corrected chi connectivity index (χ2v) is 9.50. The van der Waals surface area contributed by atoms with Gasteiger partial charge in [-0.25, -0.2) is 4.98 Å². The number of benzene rings is 1. The summed E-state index contributed by atoms with van der Waals surface area (Å²) in [7, 11) is 0. The molecule has 2 aliphatic heterocycles. The minimum atomic E-state index is -0.483. The number of aromatic amines is 1. The smallest absolute Gasteiger partial charge is 0.250 e. The lowest BCUT2D eigenvalue weighted by Gasteiger charge is -2.47. The third-order valence-electron chi connectivity index (χ3n) is 6.57. The molecule has 2 fully saturated rings. The SMILES string of the molecule is CC1(C)CC(COC2CNC(c3nc4c(C(N)=O)cccc4[nH]3)C2)C(C)(C)N1[O-]. The number of fused-ring (bicyclic) bond motifs is 1. The van der Waals surface area contributed by atoms with Gasteiger partial charge in [-0.2, -0.15) is 0 Å². The fourth-order valence-corrected chi connectivity index (χ4v) is 4.85. The lowest BCUT2D eigenvalue weighted by Crippen LogP contribution is -2.46. The third kappa shape index (κ3) is 3.54. The van der Waals surface area contributed by atoms with Gasteiger partial charge in [-0.1, -0.05) is 6.07 Å². The number of primary amides is 1. The van der Waals surface area contributed by atoms with E-state index in [9.17, 15) is 10.0 Å². The van der Waals surface area contributed by atoms with E-state index >= 15 is 0 Å². The van der Waals surface area contributed by atoms with Crippen LogP contribution in [0.1, 0.15) is 62.8 Å². The summed E-state index contributed by atoms with van der Waals surface area (Å²) in [6.07, 6.45) is 1.67. The number of carbonyl (C=O) groups excluding carboxylic acids is 1. The summed E-state index contributed by atoms with van der Waals surface area (Å²) in [6, 6.07) is 5.40. The fourth-order valence-electron chi connectivity index (χ4n) is 4.85. The zero-order valence-electron chi connectivity index (χ0n) is 17.5. The highest BCUT2D eigenvalue weighted by Gasteiger charge is 2.46. The maximum Gasteiger partial charge on any atom is 0.250 e. The van der Waals surface area contributed by atoms with Crippen molar-refractivity contribution in [2.24, 2.45) is 11.7 Å². The molecule has 3 heterocycles. The Bertz CT molecular complexity index is 922. The predicted molar refractivity (Wildman–Crippen MR) is 111 cm³/mol. The van der Waals surface area contributed by atoms with Crippen molar-refractivity contribution in [3.63, 3.8) is 0 Å². The lowest BCUT2D eigenvalue weighted by molar-refractivity contribution is 0.0165. The van der Waals surface area contributed by atoms with Gasteiger partial charge in [-0.3, -0.25) is 4.79 Å². The molecule has 2 saturated heterocycles. The van der Waals surface area contributed by atoms with Crippen LogP contribution >= 0.6 is 0 Å². The maximum absolute atomic E-state index is 12.6. The Morgan fingerprint density at radius 3 is 2.79 bits per heavy atom. The summed E-state index contributed by atoms with van der Waals surface area (Å²) in [5.41, 5.74) is 6.49. The number of nitrogens with zero attached hydrogens (tertiary/aromatic N) is 2. The Kier molecular flexibility index (Phi) is 4.93. The number of amides is 1. The number of nitrogens with two attached hydrogens (primary N) is 1. The number of hydrogen-bond donors (Lipinski definition) is 3. The van der Waals surface area contributed by atoms with Crippen molar-refractivity contribution >= 4 is 16.9 Å². The van der Waals surface area contributed by atoms with E-state index in [-0.39, 0.29) is 23.6 Å². The number of ether oxygens (including phenoxy) is 1. The van der Waals surface area contributed by atoms with Gasteiger partial charge in [0.25, 0.3) is 5.91 Å². The first kappa shape index (κ1) is 20.3. The molecule has 2 aliphatic rings. The highest BCUT2D eigenvalue weighted by atomic mass is 16.5. The monoisotopic (exact) mass is 400 g/mol. The van der Waals surface area contributed by atoms with Crippen molar-refractivity contribution in [2.75, 3.05) is 13.2 Å². The van der Waals surface area contributed by atoms with Crippen LogP contribution in [0.2, 0.25) is 0 Å². The van der Waals surface area contributed by atoms with Crippen LogP contribution in [0.5, 0.6) is 0 Å². The maximum atomic E-state index is 12.6. The van der Waals surface area contributed by atoms with E-state index < -0.39 is 11.4 Å². The van der Waals surface area contributed by atoms with Gasteiger partial charge in [0.05, 0.1) is 29.8 Å². The van der Waals surface area contributed by atoms with Crippen LogP contribution in [0.15, 0.2) is 18.2 Å².